The molecule has 1 fully saturated rings. The summed E-state index contributed by atoms with van der Waals surface area (Å²) < 4.78 is 14.5. The van der Waals surface area contributed by atoms with Gasteiger partial charge in [-0.15, -0.1) is 5.10 Å². The van der Waals surface area contributed by atoms with Crippen LogP contribution >= 0.6 is 0 Å². The standard InChI is InChI=1S/C16H19FN6O/c1-11-19-20-21-23(11)15(8-12-2-4-14(17)5-3-12)16(24)22-7-6-13(9-18)10-22/h2-5,8,13H,6-7,9-10,18H2,1H3/b15-8-/t13-/m1/s1. The van der Waals surface area contributed by atoms with Gasteiger partial charge in [0, 0.05) is 13.1 Å². The maximum atomic E-state index is 13.1. The highest BCUT2D eigenvalue weighted by Crippen LogP contribution is 2.21. The molecular formula is C16H19FN6O. The van der Waals surface area contributed by atoms with Gasteiger partial charge in [0.05, 0.1) is 0 Å². The third kappa shape index (κ3) is 3.33. The third-order valence-corrected chi connectivity index (χ3v) is 4.15. The summed E-state index contributed by atoms with van der Waals surface area (Å²) in [6.45, 7) is 3.56. The largest absolute Gasteiger partial charge is 0.337 e. The van der Waals surface area contributed by atoms with Gasteiger partial charge in [-0.05, 0) is 60.0 Å². The second kappa shape index (κ2) is 6.88. The average Bonchev–Trinajstić information content (AvgIpc) is 3.22. The van der Waals surface area contributed by atoms with E-state index in [1.807, 2.05) is 0 Å². The van der Waals surface area contributed by atoms with E-state index in [2.05, 4.69) is 15.5 Å². The van der Waals surface area contributed by atoms with Crippen molar-refractivity contribution in [3.63, 3.8) is 0 Å². The van der Waals surface area contributed by atoms with Crippen LogP contribution in [0.4, 0.5) is 4.39 Å². The van der Waals surface area contributed by atoms with Gasteiger partial charge in [-0.25, -0.2) is 4.39 Å². The summed E-state index contributed by atoms with van der Waals surface area (Å²) in [7, 11) is 0. The van der Waals surface area contributed by atoms with Crippen molar-refractivity contribution < 1.29 is 9.18 Å². The highest BCUT2D eigenvalue weighted by atomic mass is 19.1. The van der Waals surface area contributed by atoms with Gasteiger partial charge in [0.15, 0.2) is 5.82 Å². The zero-order chi connectivity index (χ0) is 17.1. The summed E-state index contributed by atoms with van der Waals surface area (Å²) in [5, 5.41) is 11.4. The number of hydrogen-bond donors (Lipinski definition) is 1. The molecule has 0 unspecified atom stereocenters. The van der Waals surface area contributed by atoms with E-state index < -0.39 is 0 Å². The van der Waals surface area contributed by atoms with Crippen LogP contribution in [-0.4, -0.2) is 50.6 Å². The first-order valence-electron chi connectivity index (χ1n) is 7.80. The molecular weight excluding hydrogens is 311 g/mol. The Hall–Kier alpha value is -2.61. The van der Waals surface area contributed by atoms with Gasteiger partial charge in [-0.2, -0.15) is 4.68 Å². The molecule has 1 aromatic heterocycles. The fourth-order valence-electron chi connectivity index (χ4n) is 2.76. The molecule has 24 heavy (non-hydrogen) atoms. The molecule has 8 heteroatoms. The van der Waals surface area contributed by atoms with Crippen LogP contribution < -0.4 is 5.73 Å². The number of tetrazole rings is 1. The molecule has 2 aromatic rings. The molecule has 2 N–H and O–H groups in total. The first-order chi connectivity index (χ1) is 11.6. The summed E-state index contributed by atoms with van der Waals surface area (Å²) in [4.78, 5) is 14.7. The fourth-order valence-corrected chi connectivity index (χ4v) is 2.76. The third-order valence-electron chi connectivity index (χ3n) is 4.15. The summed E-state index contributed by atoms with van der Waals surface area (Å²) in [6.07, 6.45) is 2.56. The Morgan fingerprint density at radius 3 is 2.75 bits per heavy atom. The average molecular weight is 330 g/mol. The molecule has 126 valence electrons. The van der Waals surface area contributed by atoms with E-state index in [1.54, 1.807) is 30.0 Å². The number of nitrogens with two attached hydrogens (primary N) is 1. The van der Waals surface area contributed by atoms with Crippen LogP contribution in [0.25, 0.3) is 11.8 Å². The smallest absolute Gasteiger partial charge is 0.272 e. The Bertz CT molecular complexity index is 754. The number of halogens is 1. The van der Waals surface area contributed by atoms with Crippen molar-refractivity contribution >= 4 is 17.7 Å². The Morgan fingerprint density at radius 1 is 1.42 bits per heavy atom. The molecule has 0 spiro atoms. The van der Waals surface area contributed by atoms with E-state index in [-0.39, 0.29) is 11.7 Å². The number of likely N-dealkylation sites (tertiary alicyclic amines) is 1. The molecule has 2 heterocycles. The molecule has 1 aliphatic rings. The lowest BCUT2D eigenvalue weighted by atomic mass is 10.1. The molecule has 0 radical (unpaired) electrons. The van der Waals surface area contributed by atoms with E-state index in [0.29, 0.717) is 42.6 Å². The number of benzene rings is 1. The molecule has 1 aliphatic heterocycles. The van der Waals surface area contributed by atoms with Gasteiger partial charge in [-0.3, -0.25) is 4.79 Å². The minimum atomic E-state index is -0.330. The Balaban J connectivity index is 1.95. The van der Waals surface area contributed by atoms with Crippen molar-refractivity contribution in [3.8, 4) is 0 Å². The molecule has 1 amide bonds. The van der Waals surface area contributed by atoms with Crippen molar-refractivity contribution in [3.05, 3.63) is 41.5 Å². The zero-order valence-corrected chi connectivity index (χ0v) is 13.4. The van der Waals surface area contributed by atoms with E-state index in [4.69, 9.17) is 5.73 Å². The number of aryl methyl sites for hydroxylation is 1. The highest BCUT2D eigenvalue weighted by Gasteiger charge is 2.29. The number of rotatable bonds is 4. The van der Waals surface area contributed by atoms with Crippen LogP contribution in [0.3, 0.4) is 0 Å². The van der Waals surface area contributed by atoms with Crippen LogP contribution in [0.1, 0.15) is 17.8 Å². The second-order valence-corrected chi connectivity index (χ2v) is 5.86. The molecule has 1 atom stereocenters. The van der Waals surface area contributed by atoms with Gasteiger partial charge in [-0.1, -0.05) is 12.1 Å². The predicted molar refractivity (Wildman–Crippen MR) is 86.9 cm³/mol. The van der Waals surface area contributed by atoms with Crippen molar-refractivity contribution in [2.24, 2.45) is 11.7 Å². The van der Waals surface area contributed by atoms with Crippen molar-refractivity contribution in [1.29, 1.82) is 0 Å². The Kier molecular flexibility index (Phi) is 4.66. The molecule has 1 aromatic carbocycles. The number of nitrogens with zero attached hydrogens (tertiary/aromatic N) is 5. The van der Waals surface area contributed by atoms with E-state index in [9.17, 15) is 9.18 Å². The Morgan fingerprint density at radius 2 is 2.17 bits per heavy atom. The minimum absolute atomic E-state index is 0.161. The SMILES string of the molecule is Cc1nnnn1/C(=C\c1ccc(F)cc1)C(=O)N1CC[C@H](CN)C1. The van der Waals surface area contributed by atoms with Crippen molar-refractivity contribution in [2.45, 2.75) is 13.3 Å². The van der Waals surface area contributed by atoms with Gasteiger partial charge in [0.2, 0.25) is 0 Å². The minimum Gasteiger partial charge on any atom is -0.337 e. The first-order valence-corrected chi connectivity index (χ1v) is 7.80. The maximum Gasteiger partial charge on any atom is 0.272 e. The Labute approximate surface area is 138 Å². The van der Waals surface area contributed by atoms with E-state index >= 15 is 0 Å². The second-order valence-electron chi connectivity index (χ2n) is 5.86. The van der Waals surface area contributed by atoms with Crippen LogP contribution in [0.5, 0.6) is 0 Å². The quantitative estimate of drug-likeness (QED) is 0.842. The van der Waals surface area contributed by atoms with Gasteiger partial charge in [0.25, 0.3) is 5.91 Å². The zero-order valence-electron chi connectivity index (χ0n) is 13.4. The van der Waals surface area contributed by atoms with Crippen LogP contribution in [0.2, 0.25) is 0 Å². The molecule has 1 saturated heterocycles. The molecule has 0 saturated carbocycles. The number of carbonyl (C=O) groups is 1. The van der Waals surface area contributed by atoms with Gasteiger partial charge >= 0.3 is 0 Å². The predicted octanol–water partition coefficient (Wildman–Crippen LogP) is 0.926. The van der Waals surface area contributed by atoms with Gasteiger partial charge in [0.1, 0.15) is 11.5 Å². The monoisotopic (exact) mass is 330 g/mol. The molecule has 3 rings (SSSR count). The lowest BCUT2D eigenvalue weighted by molar-refractivity contribution is -0.124. The van der Waals surface area contributed by atoms with Crippen LogP contribution in [0, 0.1) is 18.7 Å². The molecule has 0 aliphatic carbocycles. The first kappa shape index (κ1) is 16.3. The number of aromatic nitrogens is 4. The summed E-state index contributed by atoms with van der Waals surface area (Å²) in [5.41, 5.74) is 6.74. The lowest BCUT2D eigenvalue weighted by Gasteiger charge is -2.18. The molecule has 0 bridgehead atoms. The van der Waals surface area contributed by atoms with Crippen molar-refractivity contribution in [2.75, 3.05) is 19.6 Å². The lowest BCUT2D eigenvalue weighted by Crippen LogP contribution is -2.32. The van der Waals surface area contributed by atoms with E-state index in [0.717, 1.165) is 6.42 Å². The topological polar surface area (TPSA) is 89.9 Å². The van der Waals surface area contributed by atoms with E-state index in [1.165, 1.54) is 16.8 Å². The number of amides is 1. The highest BCUT2D eigenvalue weighted by molar-refractivity contribution is 6.18. The van der Waals surface area contributed by atoms with Gasteiger partial charge < -0.3 is 10.6 Å². The summed E-state index contributed by atoms with van der Waals surface area (Å²) in [5.74, 6) is 0.330. The normalized spacial score (nSPS) is 18.2. The summed E-state index contributed by atoms with van der Waals surface area (Å²) >= 11 is 0. The number of carbonyl (C=O) groups excluding carboxylic acids is 1. The number of hydrogen-bond acceptors (Lipinski definition) is 5. The van der Waals surface area contributed by atoms with Crippen LogP contribution in [-0.2, 0) is 4.79 Å². The molecule has 7 nitrogen and oxygen atoms in total. The van der Waals surface area contributed by atoms with Crippen LogP contribution in [0.15, 0.2) is 24.3 Å². The summed E-state index contributed by atoms with van der Waals surface area (Å²) in [6, 6.07) is 5.91. The fraction of sp³-hybridized carbons (Fsp3) is 0.375. The maximum absolute atomic E-state index is 13.1. The van der Waals surface area contributed by atoms with Crippen molar-refractivity contribution in [1.82, 2.24) is 25.1 Å².